The van der Waals surface area contributed by atoms with Gasteiger partial charge in [0.25, 0.3) is 0 Å². The number of aromatic nitrogens is 1. The van der Waals surface area contributed by atoms with E-state index in [0.717, 1.165) is 10.9 Å². The molecular formula is C22H16ClN3O3. The number of anilines is 1. The lowest BCUT2D eigenvalue weighted by Gasteiger charge is -2.05. The van der Waals surface area contributed by atoms with Crippen LogP contribution in [0, 0.1) is 0 Å². The van der Waals surface area contributed by atoms with Gasteiger partial charge in [0.15, 0.2) is 5.76 Å². The van der Waals surface area contributed by atoms with Crippen molar-refractivity contribution in [2.45, 2.75) is 6.92 Å². The van der Waals surface area contributed by atoms with Crippen molar-refractivity contribution in [1.82, 2.24) is 4.98 Å². The summed E-state index contributed by atoms with van der Waals surface area (Å²) >= 11 is 6.22. The van der Waals surface area contributed by atoms with E-state index in [-0.39, 0.29) is 10.6 Å². The molecule has 0 aliphatic rings. The molecule has 29 heavy (non-hydrogen) atoms. The number of pyridine rings is 1. The molecule has 0 aliphatic carbocycles. The Balaban J connectivity index is 1.57. The number of benzene rings is 2. The summed E-state index contributed by atoms with van der Waals surface area (Å²) < 4.78 is 5.84. The fourth-order valence-electron chi connectivity index (χ4n) is 2.89. The SMILES string of the molecule is C/C(=N\Nc1ccc2ccccc2n1)c1ccc(-c2cccc(C(=O)O)c2Cl)o1. The van der Waals surface area contributed by atoms with Gasteiger partial charge in [0.05, 0.1) is 16.1 Å². The Morgan fingerprint density at radius 1 is 1.07 bits per heavy atom. The van der Waals surface area contributed by atoms with E-state index in [1.165, 1.54) is 6.07 Å². The Morgan fingerprint density at radius 2 is 1.90 bits per heavy atom. The van der Waals surface area contributed by atoms with Crippen molar-refractivity contribution in [2.75, 3.05) is 5.43 Å². The highest BCUT2D eigenvalue weighted by Gasteiger charge is 2.16. The van der Waals surface area contributed by atoms with Gasteiger partial charge in [-0.1, -0.05) is 35.9 Å². The van der Waals surface area contributed by atoms with Crippen molar-refractivity contribution in [3.8, 4) is 11.3 Å². The number of furan rings is 1. The van der Waals surface area contributed by atoms with Crippen LogP contribution in [0.4, 0.5) is 5.82 Å². The Labute approximate surface area is 171 Å². The fraction of sp³-hybridized carbons (Fsp3) is 0.0455. The topological polar surface area (TPSA) is 87.7 Å². The lowest BCUT2D eigenvalue weighted by atomic mass is 10.1. The van der Waals surface area contributed by atoms with E-state index in [1.54, 1.807) is 31.2 Å². The number of nitrogens with one attached hydrogen (secondary N) is 1. The molecule has 2 heterocycles. The molecule has 0 radical (unpaired) electrons. The number of carboxylic acids is 1. The van der Waals surface area contributed by atoms with Crippen LogP contribution in [0.2, 0.25) is 5.02 Å². The second kappa shape index (κ2) is 7.77. The summed E-state index contributed by atoms with van der Waals surface area (Å²) in [5.74, 6) is 0.525. The Morgan fingerprint density at radius 3 is 2.72 bits per heavy atom. The number of rotatable bonds is 5. The lowest BCUT2D eigenvalue weighted by Crippen LogP contribution is -2.00. The molecular weight excluding hydrogens is 390 g/mol. The van der Waals surface area contributed by atoms with Gasteiger partial charge in [-0.3, -0.25) is 5.43 Å². The predicted molar refractivity (Wildman–Crippen MR) is 114 cm³/mol. The Bertz CT molecular complexity index is 1250. The summed E-state index contributed by atoms with van der Waals surface area (Å²) in [5.41, 5.74) is 4.95. The normalized spacial score (nSPS) is 11.6. The van der Waals surface area contributed by atoms with Crippen LogP contribution < -0.4 is 5.43 Å². The zero-order valence-electron chi connectivity index (χ0n) is 15.4. The maximum Gasteiger partial charge on any atom is 0.337 e. The summed E-state index contributed by atoms with van der Waals surface area (Å²) in [4.78, 5) is 15.8. The molecule has 0 amide bonds. The lowest BCUT2D eigenvalue weighted by molar-refractivity contribution is 0.0697. The summed E-state index contributed by atoms with van der Waals surface area (Å²) in [5, 5.41) is 14.7. The number of carbonyl (C=O) groups is 1. The van der Waals surface area contributed by atoms with E-state index in [1.807, 2.05) is 36.4 Å². The average Bonchev–Trinajstić information content (AvgIpc) is 3.22. The molecule has 144 valence electrons. The number of halogens is 1. The molecule has 0 fully saturated rings. The van der Waals surface area contributed by atoms with Gasteiger partial charge in [-0.25, -0.2) is 9.78 Å². The standard InChI is InChI=1S/C22H16ClN3O3/c1-13(25-26-20-12-9-14-5-2-3-8-17(14)24-20)18-10-11-19(29-18)15-6-4-7-16(21(15)23)22(27)28/h2-12H,1H3,(H,24,26)(H,27,28)/b25-13+. The minimum Gasteiger partial charge on any atom is -0.478 e. The molecule has 0 bridgehead atoms. The van der Waals surface area contributed by atoms with Gasteiger partial charge in [0, 0.05) is 10.9 Å². The van der Waals surface area contributed by atoms with Crippen molar-refractivity contribution in [3.63, 3.8) is 0 Å². The highest BCUT2D eigenvalue weighted by molar-refractivity contribution is 6.36. The van der Waals surface area contributed by atoms with Gasteiger partial charge in [-0.15, -0.1) is 0 Å². The van der Waals surface area contributed by atoms with E-state index < -0.39 is 5.97 Å². The van der Waals surface area contributed by atoms with E-state index >= 15 is 0 Å². The van der Waals surface area contributed by atoms with Crippen molar-refractivity contribution in [3.05, 3.63) is 83.1 Å². The zero-order chi connectivity index (χ0) is 20.4. The number of nitrogens with zero attached hydrogens (tertiary/aromatic N) is 2. The van der Waals surface area contributed by atoms with Crippen LogP contribution in [-0.4, -0.2) is 21.8 Å². The Hall–Kier alpha value is -3.64. The highest BCUT2D eigenvalue weighted by atomic mass is 35.5. The van der Waals surface area contributed by atoms with E-state index in [0.29, 0.717) is 28.6 Å². The molecule has 0 saturated carbocycles. The van der Waals surface area contributed by atoms with E-state index in [2.05, 4.69) is 15.5 Å². The number of hydrogen-bond donors (Lipinski definition) is 2. The Kier molecular flexibility index (Phi) is 5.01. The first-order valence-corrected chi connectivity index (χ1v) is 9.19. The second-order valence-corrected chi connectivity index (χ2v) is 6.71. The van der Waals surface area contributed by atoms with Crippen LogP contribution in [0.25, 0.3) is 22.2 Å². The van der Waals surface area contributed by atoms with Crippen molar-refractivity contribution < 1.29 is 14.3 Å². The van der Waals surface area contributed by atoms with Gasteiger partial charge in [0.2, 0.25) is 0 Å². The zero-order valence-corrected chi connectivity index (χ0v) is 16.1. The largest absolute Gasteiger partial charge is 0.478 e. The molecule has 0 unspecified atom stereocenters. The molecule has 0 atom stereocenters. The van der Waals surface area contributed by atoms with Crippen LogP contribution >= 0.6 is 11.6 Å². The first-order chi connectivity index (χ1) is 14.0. The smallest absolute Gasteiger partial charge is 0.337 e. The number of aromatic carboxylic acids is 1. The summed E-state index contributed by atoms with van der Waals surface area (Å²) in [7, 11) is 0. The number of fused-ring (bicyclic) bond motifs is 1. The first kappa shape index (κ1) is 18.7. The minimum atomic E-state index is -1.09. The first-order valence-electron chi connectivity index (χ1n) is 8.81. The number of para-hydroxylation sites is 1. The van der Waals surface area contributed by atoms with Crippen molar-refractivity contribution in [1.29, 1.82) is 0 Å². The third-order valence-electron chi connectivity index (χ3n) is 4.39. The molecule has 0 spiro atoms. The highest BCUT2D eigenvalue weighted by Crippen LogP contribution is 2.32. The average molecular weight is 406 g/mol. The molecule has 0 saturated heterocycles. The van der Waals surface area contributed by atoms with Crippen LogP contribution in [0.1, 0.15) is 23.0 Å². The minimum absolute atomic E-state index is 0.0246. The van der Waals surface area contributed by atoms with Crippen LogP contribution in [0.3, 0.4) is 0 Å². The van der Waals surface area contributed by atoms with Gasteiger partial charge in [-0.2, -0.15) is 5.10 Å². The summed E-state index contributed by atoms with van der Waals surface area (Å²) in [6.45, 7) is 1.80. The molecule has 4 aromatic rings. The summed E-state index contributed by atoms with van der Waals surface area (Å²) in [6, 6.07) is 19.9. The maximum absolute atomic E-state index is 11.3. The third-order valence-corrected chi connectivity index (χ3v) is 4.80. The number of hydrazone groups is 1. The van der Waals surface area contributed by atoms with Crippen LogP contribution in [0.5, 0.6) is 0 Å². The second-order valence-electron chi connectivity index (χ2n) is 6.33. The fourth-order valence-corrected chi connectivity index (χ4v) is 3.19. The van der Waals surface area contributed by atoms with E-state index in [4.69, 9.17) is 16.0 Å². The summed E-state index contributed by atoms with van der Waals surface area (Å²) in [6.07, 6.45) is 0. The molecule has 2 aromatic carbocycles. The molecule has 7 heteroatoms. The van der Waals surface area contributed by atoms with Gasteiger partial charge in [0.1, 0.15) is 17.3 Å². The van der Waals surface area contributed by atoms with Crippen molar-refractivity contribution in [2.24, 2.45) is 5.10 Å². The molecule has 2 N–H and O–H groups in total. The molecule has 0 aliphatic heterocycles. The third kappa shape index (κ3) is 3.83. The number of carboxylic acid groups (broad SMARTS) is 1. The van der Waals surface area contributed by atoms with E-state index in [9.17, 15) is 9.90 Å². The van der Waals surface area contributed by atoms with Crippen LogP contribution in [-0.2, 0) is 0 Å². The molecule has 6 nitrogen and oxygen atoms in total. The molecule has 2 aromatic heterocycles. The van der Waals surface area contributed by atoms with Crippen LogP contribution in [0.15, 0.2) is 76.2 Å². The number of hydrogen-bond acceptors (Lipinski definition) is 5. The predicted octanol–water partition coefficient (Wildman–Crippen LogP) is 5.68. The van der Waals surface area contributed by atoms with Gasteiger partial charge >= 0.3 is 5.97 Å². The van der Waals surface area contributed by atoms with Gasteiger partial charge in [-0.05, 0) is 49.4 Å². The monoisotopic (exact) mass is 405 g/mol. The quantitative estimate of drug-likeness (QED) is 0.329. The molecule has 4 rings (SSSR count). The van der Waals surface area contributed by atoms with Gasteiger partial charge < -0.3 is 9.52 Å². The van der Waals surface area contributed by atoms with Crippen molar-refractivity contribution >= 4 is 40.0 Å². The maximum atomic E-state index is 11.3.